The fraction of sp³-hybridized carbons (Fsp3) is 0.318. The fourth-order valence-corrected chi connectivity index (χ4v) is 3.50. The Morgan fingerprint density at radius 1 is 1.17 bits per heavy atom. The molecule has 0 spiro atoms. The maximum absolute atomic E-state index is 12.6. The van der Waals surface area contributed by atoms with Crippen LogP contribution in [0.2, 0.25) is 0 Å². The molecule has 1 fully saturated rings. The molecule has 3 aromatic rings. The van der Waals surface area contributed by atoms with E-state index in [0.29, 0.717) is 36.3 Å². The van der Waals surface area contributed by atoms with Gasteiger partial charge in [-0.3, -0.25) is 4.79 Å². The van der Waals surface area contributed by atoms with Gasteiger partial charge in [0.25, 0.3) is 11.8 Å². The summed E-state index contributed by atoms with van der Waals surface area (Å²) in [6, 6.07) is 16.9. The van der Waals surface area contributed by atoms with Crippen molar-refractivity contribution >= 4 is 5.91 Å². The van der Waals surface area contributed by atoms with Crippen molar-refractivity contribution in [3.05, 3.63) is 60.4 Å². The number of para-hydroxylation sites is 2. The van der Waals surface area contributed by atoms with Gasteiger partial charge in [-0.25, -0.2) is 0 Å². The maximum atomic E-state index is 12.6. The lowest BCUT2D eigenvalue weighted by molar-refractivity contribution is -0.134. The molecule has 7 heteroatoms. The second-order valence-electron chi connectivity index (χ2n) is 6.94. The largest absolute Gasteiger partial charge is 0.496 e. The number of likely N-dealkylation sites (tertiary alicyclic amines) is 1. The zero-order valence-electron chi connectivity index (χ0n) is 16.3. The minimum absolute atomic E-state index is 0.0233. The number of carbonyl (C=O) groups is 1. The average Bonchev–Trinajstić information content (AvgIpc) is 3.28. The number of benzene rings is 2. The Kier molecular flexibility index (Phi) is 5.74. The molecule has 1 saturated heterocycles. The van der Waals surface area contributed by atoms with Crippen LogP contribution in [0.25, 0.3) is 11.5 Å². The molecule has 0 radical (unpaired) electrons. The third-order valence-electron chi connectivity index (χ3n) is 5.02. The lowest BCUT2D eigenvalue weighted by atomic mass is 9.97. The van der Waals surface area contributed by atoms with Gasteiger partial charge in [0.2, 0.25) is 0 Å². The molecule has 0 aliphatic carbocycles. The van der Waals surface area contributed by atoms with Gasteiger partial charge >= 0.3 is 0 Å². The number of methoxy groups -OCH3 is 1. The van der Waals surface area contributed by atoms with Gasteiger partial charge in [-0.1, -0.05) is 35.5 Å². The van der Waals surface area contributed by atoms with Crippen molar-refractivity contribution in [1.29, 1.82) is 0 Å². The molecule has 1 amide bonds. The molecule has 2 aromatic carbocycles. The Balaban J connectivity index is 1.41. The molecule has 4 rings (SSSR count). The van der Waals surface area contributed by atoms with E-state index < -0.39 is 0 Å². The van der Waals surface area contributed by atoms with Crippen LogP contribution >= 0.6 is 0 Å². The summed E-state index contributed by atoms with van der Waals surface area (Å²) in [6.07, 6.45) is 1.80. The van der Waals surface area contributed by atoms with Crippen molar-refractivity contribution in [3.63, 3.8) is 0 Å². The number of piperidine rings is 1. The molecule has 0 N–H and O–H groups in total. The molecule has 1 aromatic heterocycles. The van der Waals surface area contributed by atoms with Gasteiger partial charge in [0.05, 0.1) is 12.7 Å². The van der Waals surface area contributed by atoms with Gasteiger partial charge in [-0.15, -0.1) is 0 Å². The first-order chi connectivity index (χ1) is 14.2. The molecule has 1 aliphatic rings. The Morgan fingerprint density at radius 3 is 2.79 bits per heavy atom. The second kappa shape index (κ2) is 8.77. The molecule has 0 saturated carbocycles. The first-order valence-electron chi connectivity index (χ1n) is 9.67. The predicted molar refractivity (Wildman–Crippen MR) is 107 cm³/mol. The number of hydrogen-bond donors (Lipinski definition) is 0. The molecule has 150 valence electrons. The SMILES string of the molecule is COc1ccccc1-c1nc([C@@H]2CCCN(C(=O)COc3ccccc3)C2)no1. The summed E-state index contributed by atoms with van der Waals surface area (Å²) in [5, 5.41) is 4.17. The average molecular weight is 393 g/mol. The monoisotopic (exact) mass is 393 g/mol. The van der Waals surface area contributed by atoms with Crippen LogP contribution in [0, 0.1) is 0 Å². The molecule has 29 heavy (non-hydrogen) atoms. The number of nitrogens with zero attached hydrogens (tertiary/aromatic N) is 3. The lowest BCUT2D eigenvalue weighted by Gasteiger charge is -2.31. The zero-order valence-corrected chi connectivity index (χ0v) is 16.3. The van der Waals surface area contributed by atoms with Crippen LogP contribution < -0.4 is 9.47 Å². The van der Waals surface area contributed by atoms with Crippen LogP contribution in [0.15, 0.2) is 59.1 Å². The van der Waals surface area contributed by atoms with Gasteiger partial charge in [0.15, 0.2) is 12.4 Å². The first kappa shape index (κ1) is 19.0. The summed E-state index contributed by atoms with van der Waals surface area (Å²) in [6.45, 7) is 1.29. The van der Waals surface area contributed by atoms with Crippen LogP contribution in [-0.4, -0.2) is 47.8 Å². The normalized spacial score (nSPS) is 16.4. The Bertz CT molecular complexity index is 957. The van der Waals surface area contributed by atoms with Crippen LogP contribution in [0.1, 0.15) is 24.6 Å². The van der Waals surface area contributed by atoms with Gasteiger partial charge in [-0.2, -0.15) is 4.98 Å². The summed E-state index contributed by atoms with van der Waals surface area (Å²) < 4.78 is 16.4. The summed E-state index contributed by atoms with van der Waals surface area (Å²) >= 11 is 0. The van der Waals surface area contributed by atoms with Crippen molar-refractivity contribution < 1.29 is 18.8 Å². The van der Waals surface area contributed by atoms with Crippen molar-refractivity contribution in [1.82, 2.24) is 15.0 Å². The van der Waals surface area contributed by atoms with Crippen molar-refractivity contribution in [2.24, 2.45) is 0 Å². The molecular weight excluding hydrogens is 370 g/mol. The summed E-state index contributed by atoms with van der Waals surface area (Å²) in [7, 11) is 1.61. The topological polar surface area (TPSA) is 77.7 Å². The van der Waals surface area contributed by atoms with Gasteiger partial charge in [0.1, 0.15) is 11.5 Å². The van der Waals surface area contributed by atoms with E-state index in [1.165, 1.54) is 0 Å². The number of carbonyl (C=O) groups excluding carboxylic acids is 1. The zero-order chi connectivity index (χ0) is 20.1. The molecule has 2 heterocycles. The van der Waals surface area contributed by atoms with Gasteiger partial charge in [0, 0.05) is 19.0 Å². The Hall–Kier alpha value is -3.35. The smallest absolute Gasteiger partial charge is 0.261 e. The summed E-state index contributed by atoms with van der Waals surface area (Å²) in [5.74, 6) is 2.42. The predicted octanol–water partition coefficient (Wildman–Crippen LogP) is 3.53. The Labute approximate surface area is 169 Å². The summed E-state index contributed by atoms with van der Waals surface area (Å²) in [5.41, 5.74) is 0.758. The molecular formula is C22H23N3O4. The van der Waals surface area contributed by atoms with Crippen LogP contribution in [0.3, 0.4) is 0 Å². The van der Waals surface area contributed by atoms with Gasteiger partial charge < -0.3 is 18.9 Å². The van der Waals surface area contributed by atoms with E-state index in [0.717, 1.165) is 18.4 Å². The number of aromatic nitrogens is 2. The maximum Gasteiger partial charge on any atom is 0.261 e. The molecule has 0 bridgehead atoms. The van der Waals surface area contributed by atoms with E-state index >= 15 is 0 Å². The number of ether oxygens (including phenoxy) is 2. The number of rotatable bonds is 6. The molecule has 7 nitrogen and oxygen atoms in total. The first-order valence-corrected chi connectivity index (χ1v) is 9.67. The van der Waals surface area contributed by atoms with Crippen LogP contribution in [0.4, 0.5) is 0 Å². The molecule has 1 atom stereocenters. The van der Waals surface area contributed by atoms with Crippen molar-refractivity contribution in [2.75, 3.05) is 26.8 Å². The quantitative estimate of drug-likeness (QED) is 0.638. The van der Waals surface area contributed by atoms with E-state index in [2.05, 4.69) is 10.1 Å². The van der Waals surface area contributed by atoms with E-state index in [4.69, 9.17) is 14.0 Å². The minimum atomic E-state index is -0.0352. The highest BCUT2D eigenvalue weighted by Crippen LogP contribution is 2.31. The summed E-state index contributed by atoms with van der Waals surface area (Å²) in [4.78, 5) is 19.0. The van der Waals surface area contributed by atoms with Crippen molar-refractivity contribution in [2.45, 2.75) is 18.8 Å². The molecule has 0 unspecified atom stereocenters. The highest BCUT2D eigenvalue weighted by molar-refractivity contribution is 5.78. The third kappa shape index (κ3) is 4.39. The fourth-order valence-electron chi connectivity index (χ4n) is 3.50. The molecule has 1 aliphatic heterocycles. The highest BCUT2D eigenvalue weighted by atomic mass is 16.5. The standard InChI is InChI=1S/C22H23N3O4/c1-27-19-12-6-5-11-18(19)22-23-21(24-29-22)16-8-7-13-25(14-16)20(26)15-28-17-9-3-2-4-10-17/h2-6,9-12,16H,7-8,13-15H2,1H3/t16-/m1/s1. The van der Waals surface area contributed by atoms with Crippen LogP contribution in [0.5, 0.6) is 11.5 Å². The minimum Gasteiger partial charge on any atom is -0.496 e. The van der Waals surface area contributed by atoms with Gasteiger partial charge in [-0.05, 0) is 37.1 Å². The second-order valence-corrected chi connectivity index (χ2v) is 6.94. The van der Waals surface area contributed by atoms with E-state index in [1.807, 2.05) is 59.5 Å². The third-order valence-corrected chi connectivity index (χ3v) is 5.02. The Morgan fingerprint density at radius 2 is 1.97 bits per heavy atom. The van der Waals surface area contributed by atoms with E-state index in [1.54, 1.807) is 7.11 Å². The van der Waals surface area contributed by atoms with E-state index in [-0.39, 0.29) is 18.4 Å². The van der Waals surface area contributed by atoms with Crippen molar-refractivity contribution in [3.8, 4) is 23.0 Å². The number of hydrogen-bond acceptors (Lipinski definition) is 6. The highest BCUT2D eigenvalue weighted by Gasteiger charge is 2.28. The van der Waals surface area contributed by atoms with E-state index in [9.17, 15) is 4.79 Å². The van der Waals surface area contributed by atoms with Crippen LogP contribution in [-0.2, 0) is 4.79 Å². The number of amides is 1. The lowest BCUT2D eigenvalue weighted by Crippen LogP contribution is -2.41.